The van der Waals surface area contributed by atoms with Gasteiger partial charge in [0.1, 0.15) is 11.6 Å². The fraction of sp³-hybridized carbons (Fsp3) is 0.269. The number of fused-ring (bicyclic) bond motifs is 1. The van der Waals surface area contributed by atoms with E-state index >= 15 is 0 Å². The second-order valence-electron chi connectivity index (χ2n) is 8.04. The molecule has 8 heteroatoms. The van der Waals surface area contributed by atoms with Crippen molar-refractivity contribution in [2.45, 2.75) is 19.4 Å². The molecule has 1 atom stereocenters. The first kappa shape index (κ1) is 23.4. The molecule has 34 heavy (non-hydrogen) atoms. The number of pyridine rings is 1. The Hall–Kier alpha value is -3.78. The predicted molar refractivity (Wildman–Crippen MR) is 130 cm³/mol. The number of nitrogens with zero attached hydrogens (tertiary/aromatic N) is 3. The number of nitrogens with one attached hydrogen (secondary N) is 2. The fourth-order valence-corrected chi connectivity index (χ4v) is 4.15. The molecule has 0 fully saturated rings. The highest BCUT2D eigenvalue weighted by molar-refractivity contribution is 5.96. The molecule has 0 aliphatic rings. The van der Waals surface area contributed by atoms with Crippen LogP contribution < -0.4 is 10.1 Å². The number of hydrogen-bond donors (Lipinski definition) is 2. The summed E-state index contributed by atoms with van der Waals surface area (Å²) in [6.07, 6.45) is 5.95. The number of benzene rings is 2. The molecule has 0 unspecified atom stereocenters. The number of hydrogen-bond acceptors (Lipinski definition) is 5. The minimum absolute atomic E-state index is 0.149. The summed E-state index contributed by atoms with van der Waals surface area (Å²) < 4.78 is 19.6. The maximum absolute atomic E-state index is 13.8. The van der Waals surface area contributed by atoms with Crippen molar-refractivity contribution in [1.82, 2.24) is 25.4 Å². The van der Waals surface area contributed by atoms with Gasteiger partial charge in [0.25, 0.3) is 5.91 Å². The zero-order chi connectivity index (χ0) is 24.1. The molecule has 4 rings (SSSR count). The number of rotatable bonds is 9. The van der Waals surface area contributed by atoms with E-state index in [2.05, 4.69) is 20.5 Å². The largest absolute Gasteiger partial charge is 0.493 e. The number of aromatic nitrogens is 3. The molecule has 2 N–H and O–H groups in total. The Morgan fingerprint density at radius 1 is 1.21 bits per heavy atom. The Bertz CT molecular complexity index is 1290. The zero-order valence-electron chi connectivity index (χ0n) is 19.5. The Morgan fingerprint density at radius 2 is 2.06 bits per heavy atom. The summed E-state index contributed by atoms with van der Waals surface area (Å²) in [6.45, 7) is 3.02. The van der Waals surface area contributed by atoms with Gasteiger partial charge in [0.2, 0.25) is 0 Å². The third-order valence-electron chi connectivity index (χ3n) is 5.86. The molecule has 0 aliphatic carbocycles. The summed E-state index contributed by atoms with van der Waals surface area (Å²) in [5.74, 6) is 0.0645. The van der Waals surface area contributed by atoms with Gasteiger partial charge in [-0.25, -0.2) is 4.39 Å². The summed E-state index contributed by atoms with van der Waals surface area (Å²) in [6, 6.07) is 11.4. The highest BCUT2D eigenvalue weighted by Gasteiger charge is 2.26. The van der Waals surface area contributed by atoms with Crippen molar-refractivity contribution in [3.63, 3.8) is 0 Å². The van der Waals surface area contributed by atoms with Crippen molar-refractivity contribution < 1.29 is 13.9 Å². The first-order valence-corrected chi connectivity index (χ1v) is 11.2. The number of halogens is 1. The SMILES string of the molecule is CCOc1cc(C(=O)N(C)[C@H](CCNC)c2cncc3cn[nH]c23)ccc1-c1cccc(F)c1. The smallest absolute Gasteiger partial charge is 0.254 e. The molecule has 0 aliphatic heterocycles. The second kappa shape index (κ2) is 10.4. The summed E-state index contributed by atoms with van der Waals surface area (Å²) in [7, 11) is 3.67. The van der Waals surface area contributed by atoms with Crippen LogP contribution in [0.5, 0.6) is 5.75 Å². The lowest BCUT2D eigenvalue weighted by Crippen LogP contribution is -2.33. The number of carbonyl (C=O) groups excluding carboxylic acids is 1. The van der Waals surface area contributed by atoms with Gasteiger partial charge in [-0.2, -0.15) is 5.10 Å². The standard InChI is InChI=1S/C26H28FN5O2/c1-4-34-24-13-18(8-9-21(24)17-6-5-7-20(27)12-17)26(33)32(3)23(10-11-28-2)22-16-29-14-19-15-30-31-25(19)22/h5-9,12-16,23,28H,4,10-11H2,1-3H3,(H,30,31)/t23-/m1/s1. The molecule has 176 valence electrons. The van der Waals surface area contributed by atoms with Crippen LogP contribution in [0.4, 0.5) is 4.39 Å². The van der Waals surface area contributed by atoms with E-state index in [1.54, 1.807) is 54.8 Å². The van der Waals surface area contributed by atoms with Crippen LogP contribution in [0.3, 0.4) is 0 Å². The topological polar surface area (TPSA) is 83.1 Å². The molecule has 0 saturated heterocycles. The van der Waals surface area contributed by atoms with Crippen LogP contribution in [-0.4, -0.2) is 53.2 Å². The van der Waals surface area contributed by atoms with E-state index in [1.165, 1.54) is 12.1 Å². The third-order valence-corrected chi connectivity index (χ3v) is 5.86. The molecule has 1 amide bonds. The first-order valence-electron chi connectivity index (χ1n) is 11.2. The van der Waals surface area contributed by atoms with Gasteiger partial charge in [-0.3, -0.25) is 14.9 Å². The van der Waals surface area contributed by atoms with Gasteiger partial charge in [0, 0.05) is 41.5 Å². The summed E-state index contributed by atoms with van der Waals surface area (Å²) >= 11 is 0. The van der Waals surface area contributed by atoms with Crippen LogP contribution in [0.2, 0.25) is 0 Å². The van der Waals surface area contributed by atoms with Crippen molar-refractivity contribution >= 4 is 16.8 Å². The Morgan fingerprint density at radius 3 is 2.82 bits per heavy atom. The van der Waals surface area contributed by atoms with E-state index in [4.69, 9.17) is 4.74 Å². The molecule has 2 aromatic carbocycles. The van der Waals surface area contributed by atoms with Crippen LogP contribution in [0.25, 0.3) is 22.0 Å². The minimum Gasteiger partial charge on any atom is -0.493 e. The van der Waals surface area contributed by atoms with Gasteiger partial charge < -0.3 is 15.0 Å². The molecule has 0 radical (unpaired) electrons. The highest BCUT2D eigenvalue weighted by Crippen LogP contribution is 2.34. The third kappa shape index (κ3) is 4.77. The van der Waals surface area contributed by atoms with Crippen molar-refractivity contribution in [3.05, 3.63) is 78.0 Å². The lowest BCUT2D eigenvalue weighted by atomic mass is 9.99. The molecule has 0 bridgehead atoms. The maximum atomic E-state index is 13.8. The van der Waals surface area contributed by atoms with Gasteiger partial charge in [-0.05, 0) is 62.8 Å². The van der Waals surface area contributed by atoms with Crippen molar-refractivity contribution in [3.8, 4) is 16.9 Å². The number of ether oxygens (including phenoxy) is 1. The Balaban J connectivity index is 1.69. The van der Waals surface area contributed by atoms with E-state index < -0.39 is 0 Å². The number of amides is 1. The van der Waals surface area contributed by atoms with Gasteiger partial charge in [-0.1, -0.05) is 12.1 Å². The van der Waals surface area contributed by atoms with Gasteiger partial charge in [0.05, 0.1) is 24.4 Å². The quantitative estimate of drug-likeness (QED) is 0.381. The number of carbonyl (C=O) groups is 1. The number of aromatic amines is 1. The van der Waals surface area contributed by atoms with Crippen LogP contribution in [0.1, 0.15) is 35.3 Å². The lowest BCUT2D eigenvalue weighted by Gasteiger charge is -2.29. The predicted octanol–water partition coefficient (Wildman–Crippen LogP) is 4.59. The molecule has 4 aromatic rings. The van der Waals surface area contributed by atoms with Gasteiger partial charge in [-0.15, -0.1) is 0 Å². The van der Waals surface area contributed by atoms with E-state index in [-0.39, 0.29) is 17.8 Å². The van der Waals surface area contributed by atoms with Crippen LogP contribution in [0.15, 0.2) is 61.1 Å². The van der Waals surface area contributed by atoms with Gasteiger partial charge >= 0.3 is 0 Å². The molecule has 0 saturated carbocycles. The first-order chi connectivity index (χ1) is 16.5. The van der Waals surface area contributed by atoms with E-state index in [0.29, 0.717) is 29.9 Å². The van der Waals surface area contributed by atoms with Crippen molar-refractivity contribution in [1.29, 1.82) is 0 Å². The highest BCUT2D eigenvalue weighted by atomic mass is 19.1. The molecule has 2 heterocycles. The van der Waals surface area contributed by atoms with E-state index in [1.807, 2.05) is 20.0 Å². The Kier molecular flexibility index (Phi) is 7.18. The lowest BCUT2D eigenvalue weighted by molar-refractivity contribution is 0.0723. The van der Waals surface area contributed by atoms with E-state index in [0.717, 1.165) is 28.6 Å². The Labute approximate surface area is 198 Å². The molecule has 2 aromatic heterocycles. The summed E-state index contributed by atoms with van der Waals surface area (Å²) in [4.78, 5) is 19.7. The van der Waals surface area contributed by atoms with Crippen LogP contribution in [-0.2, 0) is 0 Å². The molecular formula is C26H28FN5O2. The fourth-order valence-electron chi connectivity index (χ4n) is 4.15. The molecule has 0 spiro atoms. The van der Waals surface area contributed by atoms with Crippen molar-refractivity contribution in [2.24, 2.45) is 0 Å². The summed E-state index contributed by atoms with van der Waals surface area (Å²) in [5.41, 5.74) is 3.69. The maximum Gasteiger partial charge on any atom is 0.254 e. The van der Waals surface area contributed by atoms with Crippen LogP contribution >= 0.6 is 0 Å². The monoisotopic (exact) mass is 461 g/mol. The number of H-pyrrole nitrogens is 1. The van der Waals surface area contributed by atoms with E-state index in [9.17, 15) is 9.18 Å². The normalized spacial score (nSPS) is 12.0. The second-order valence-corrected chi connectivity index (χ2v) is 8.04. The average molecular weight is 462 g/mol. The average Bonchev–Trinajstić information content (AvgIpc) is 3.33. The van der Waals surface area contributed by atoms with Gasteiger partial charge in [0.15, 0.2) is 0 Å². The summed E-state index contributed by atoms with van der Waals surface area (Å²) in [5, 5.41) is 11.2. The zero-order valence-corrected chi connectivity index (χ0v) is 19.5. The molecular weight excluding hydrogens is 433 g/mol. The van der Waals surface area contributed by atoms with Crippen molar-refractivity contribution in [2.75, 3.05) is 27.2 Å². The minimum atomic E-state index is -0.325. The van der Waals surface area contributed by atoms with Crippen LogP contribution in [0, 0.1) is 5.82 Å². The molecule has 7 nitrogen and oxygen atoms in total.